The Hall–Kier alpha value is -4.38. The quantitative estimate of drug-likeness (QED) is 0.0449. The van der Waals surface area contributed by atoms with E-state index in [4.69, 9.17) is 28.0 Å². The molecule has 0 saturated carbocycles. The zero-order valence-corrected chi connectivity index (χ0v) is 24.2. The highest BCUT2D eigenvalue weighted by atomic mass is 16.2. The number of hydrogen-bond acceptors (Lipinski definition) is 6. The summed E-state index contributed by atoms with van der Waals surface area (Å²) in [7, 11) is 0. The molecular weight excluding hydrogens is 536 g/mol. The van der Waals surface area contributed by atoms with E-state index in [1.54, 1.807) is 13.8 Å². The Kier molecular flexibility index (Phi) is 19.2. The summed E-state index contributed by atoms with van der Waals surface area (Å²) in [6, 6.07) is -3.16. The summed E-state index contributed by atoms with van der Waals surface area (Å²) in [5, 5.41) is 38.6. The van der Waals surface area contributed by atoms with E-state index < -0.39 is 24.1 Å². The predicted octanol–water partition coefficient (Wildman–Crippen LogP) is -2.14. The number of nitrogens with one attached hydrogen (secondary N) is 11. The van der Waals surface area contributed by atoms with Crippen LogP contribution < -0.4 is 65.1 Å². The third-order valence-corrected chi connectivity index (χ3v) is 5.60. The molecule has 18 nitrogen and oxygen atoms in total. The van der Waals surface area contributed by atoms with Crippen LogP contribution >= 0.6 is 0 Å². The van der Waals surface area contributed by atoms with Gasteiger partial charge in [0.15, 0.2) is 11.9 Å². The maximum Gasteiger partial charge on any atom is 0.315 e. The smallest absolute Gasteiger partial charge is 0.315 e. The fourth-order valence-corrected chi connectivity index (χ4v) is 3.44. The first-order valence-corrected chi connectivity index (χ1v) is 13.6. The Morgan fingerprint density at radius 3 is 1.54 bits per heavy atom. The molecule has 0 aromatic heterocycles. The minimum absolute atomic E-state index is 0.0641. The Balaban J connectivity index is 4.51. The second kappa shape index (κ2) is 21.4. The minimum Gasteiger partial charge on any atom is -0.370 e. The summed E-state index contributed by atoms with van der Waals surface area (Å²) in [6.07, 6.45) is 2.72. The number of urea groups is 4. The lowest BCUT2D eigenvalue weighted by molar-refractivity contribution is 0.226. The van der Waals surface area contributed by atoms with E-state index in [2.05, 4.69) is 47.9 Å². The van der Waals surface area contributed by atoms with Crippen molar-refractivity contribution in [1.82, 2.24) is 47.9 Å². The van der Waals surface area contributed by atoms with Gasteiger partial charge in [-0.3, -0.25) is 10.8 Å². The van der Waals surface area contributed by atoms with Crippen molar-refractivity contribution >= 4 is 36.0 Å². The van der Waals surface area contributed by atoms with Crippen LogP contribution in [0.25, 0.3) is 0 Å². The fourth-order valence-electron chi connectivity index (χ4n) is 3.44. The maximum absolute atomic E-state index is 12.5. The van der Waals surface area contributed by atoms with Gasteiger partial charge in [-0.15, -0.1) is 0 Å². The van der Waals surface area contributed by atoms with Crippen LogP contribution in [-0.4, -0.2) is 93.4 Å². The number of hydrogen-bond donors (Lipinski definition) is 14. The molecule has 17 N–H and O–H groups in total. The molecule has 4 atom stereocenters. The first-order chi connectivity index (χ1) is 19.3. The van der Waals surface area contributed by atoms with Crippen molar-refractivity contribution in [3.05, 3.63) is 0 Å². The monoisotopic (exact) mass is 586 g/mol. The van der Waals surface area contributed by atoms with Crippen molar-refractivity contribution in [2.24, 2.45) is 23.1 Å². The molecule has 41 heavy (non-hydrogen) atoms. The molecule has 0 rings (SSSR count). The largest absolute Gasteiger partial charge is 0.370 e. The van der Waals surface area contributed by atoms with Crippen molar-refractivity contribution in [2.75, 3.05) is 39.3 Å². The molecule has 18 heteroatoms. The van der Waals surface area contributed by atoms with E-state index >= 15 is 0 Å². The van der Waals surface area contributed by atoms with Gasteiger partial charge in [0, 0.05) is 57.4 Å². The number of nitrogens with two attached hydrogens (primary N) is 3. The molecule has 0 bridgehead atoms. The van der Waals surface area contributed by atoms with Gasteiger partial charge in [-0.1, -0.05) is 6.92 Å². The average molecular weight is 587 g/mol. The summed E-state index contributed by atoms with van der Waals surface area (Å²) in [6.45, 7) is 7.40. The number of guanidine groups is 2. The summed E-state index contributed by atoms with van der Waals surface area (Å²) >= 11 is 0. The highest BCUT2D eigenvalue weighted by molar-refractivity contribution is 5.77. The second-order valence-electron chi connectivity index (χ2n) is 9.88. The van der Waals surface area contributed by atoms with Crippen molar-refractivity contribution < 1.29 is 19.2 Å². The van der Waals surface area contributed by atoms with Crippen molar-refractivity contribution in [3.8, 4) is 0 Å². The van der Waals surface area contributed by atoms with Crippen LogP contribution in [0.1, 0.15) is 46.5 Å². The molecule has 8 amide bonds. The topological polar surface area (TPSA) is 302 Å². The first kappa shape index (κ1) is 36.6. The molecule has 0 aliphatic rings. The average Bonchev–Trinajstić information content (AvgIpc) is 2.88. The van der Waals surface area contributed by atoms with Crippen LogP contribution in [0.4, 0.5) is 19.2 Å². The molecule has 0 aliphatic heterocycles. The van der Waals surface area contributed by atoms with Crippen LogP contribution in [0.15, 0.2) is 0 Å². The molecule has 0 spiro atoms. The zero-order valence-electron chi connectivity index (χ0n) is 24.2. The Labute approximate surface area is 241 Å². The zero-order chi connectivity index (χ0) is 31.2. The summed E-state index contributed by atoms with van der Waals surface area (Å²) < 4.78 is 0. The van der Waals surface area contributed by atoms with E-state index in [-0.39, 0.29) is 55.6 Å². The SMILES string of the molecule is CC(CCCNC(=N)N)CNC(=O)N[C@@H](C)CNC(=O)NC(CCCNC(=N)N)CNC(=O)N[C@@H](C)CNC(N)=O. The molecule has 2 unspecified atom stereocenters. The molecule has 0 fully saturated rings. The summed E-state index contributed by atoms with van der Waals surface area (Å²) in [4.78, 5) is 47.7. The lowest BCUT2D eigenvalue weighted by atomic mass is 10.1. The second-order valence-corrected chi connectivity index (χ2v) is 9.88. The van der Waals surface area contributed by atoms with Gasteiger partial charge in [-0.2, -0.15) is 0 Å². The van der Waals surface area contributed by atoms with E-state index in [1.165, 1.54) is 0 Å². The van der Waals surface area contributed by atoms with Crippen LogP contribution in [0.2, 0.25) is 0 Å². The van der Waals surface area contributed by atoms with Gasteiger partial charge in [-0.25, -0.2) is 19.2 Å². The van der Waals surface area contributed by atoms with Gasteiger partial charge in [0.2, 0.25) is 0 Å². The Morgan fingerprint density at radius 2 is 1.02 bits per heavy atom. The fraction of sp³-hybridized carbons (Fsp3) is 0.739. The molecule has 236 valence electrons. The van der Waals surface area contributed by atoms with Crippen molar-refractivity contribution in [2.45, 2.75) is 64.6 Å². The van der Waals surface area contributed by atoms with E-state index in [1.807, 2.05) is 6.92 Å². The van der Waals surface area contributed by atoms with Gasteiger partial charge in [0.05, 0.1) is 0 Å². The molecule has 0 aromatic rings. The molecule has 0 radical (unpaired) electrons. The van der Waals surface area contributed by atoms with Crippen molar-refractivity contribution in [1.29, 1.82) is 10.8 Å². The number of primary amides is 1. The van der Waals surface area contributed by atoms with Gasteiger partial charge in [0.1, 0.15) is 0 Å². The van der Waals surface area contributed by atoms with Gasteiger partial charge in [0.25, 0.3) is 0 Å². The maximum atomic E-state index is 12.5. The standard InChI is InChI=1S/C23H50N14O4/c1-14(6-4-8-29-18(24)25)10-32-21(39)36-16(3)12-33-23(41)37-17(7-5-9-30-19(26)27)13-34-22(40)35-15(2)11-31-20(28)38/h14-17H,4-13H2,1-3H3,(H4,24,25,29)(H4,26,27,30)(H3,28,31,38)(H2,32,36,39)(H2,33,37,41)(H2,34,35,40)/t14?,15-,16-,17?/m0/s1. The highest BCUT2D eigenvalue weighted by Crippen LogP contribution is 2.03. The third kappa shape index (κ3) is 23.2. The Bertz CT molecular complexity index is 843. The molecule has 0 heterocycles. The first-order valence-electron chi connectivity index (χ1n) is 13.6. The van der Waals surface area contributed by atoms with Gasteiger partial charge < -0.3 is 65.1 Å². The summed E-state index contributed by atoms with van der Waals surface area (Å²) in [5.74, 6) is 0.0121. The minimum atomic E-state index is -0.695. The highest BCUT2D eigenvalue weighted by Gasteiger charge is 2.16. The van der Waals surface area contributed by atoms with E-state index in [0.29, 0.717) is 32.5 Å². The van der Waals surface area contributed by atoms with Gasteiger partial charge >= 0.3 is 24.1 Å². The van der Waals surface area contributed by atoms with Crippen LogP contribution in [0.5, 0.6) is 0 Å². The van der Waals surface area contributed by atoms with E-state index in [9.17, 15) is 19.2 Å². The van der Waals surface area contributed by atoms with Crippen molar-refractivity contribution in [3.63, 3.8) is 0 Å². The van der Waals surface area contributed by atoms with Gasteiger partial charge in [-0.05, 0) is 45.4 Å². The third-order valence-electron chi connectivity index (χ3n) is 5.60. The predicted molar refractivity (Wildman–Crippen MR) is 157 cm³/mol. The molecule has 0 aliphatic carbocycles. The van der Waals surface area contributed by atoms with Crippen LogP contribution in [0, 0.1) is 16.7 Å². The Morgan fingerprint density at radius 1 is 0.585 bits per heavy atom. The lowest BCUT2D eigenvalue weighted by Crippen LogP contribution is -2.53. The number of rotatable bonds is 19. The molecular formula is C23H50N14O4. The number of amides is 8. The van der Waals surface area contributed by atoms with E-state index in [0.717, 1.165) is 12.8 Å². The van der Waals surface area contributed by atoms with Crippen LogP contribution in [-0.2, 0) is 0 Å². The van der Waals surface area contributed by atoms with Crippen LogP contribution in [0.3, 0.4) is 0 Å². The number of carbonyl (C=O) groups excluding carboxylic acids is 4. The molecule has 0 saturated heterocycles. The summed E-state index contributed by atoms with van der Waals surface area (Å²) in [5.41, 5.74) is 15.6. The normalized spacial score (nSPS) is 13.2. The lowest BCUT2D eigenvalue weighted by Gasteiger charge is -2.22. The number of carbonyl (C=O) groups is 4. The molecule has 0 aromatic carbocycles.